The van der Waals surface area contributed by atoms with Gasteiger partial charge in [-0.15, -0.1) is 12.3 Å². The third kappa shape index (κ3) is 2.47. The summed E-state index contributed by atoms with van der Waals surface area (Å²) in [4.78, 5) is 0. The number of hydrogen-bond donors (Lipinski definition) is 0. The molecule has 1 heterocycles. The summed E-state index contributed by atoms with van der Waals surface area (Å²) in [5, 5.41) is 4.25. The van der Waals surface area contributed by atoms with Gasteiger partial charge in [0.1, 0.15) is 0 Å². The Morgan fingerprint density at radius 2 is 2.00 bits per heavy atom. The quantitative estimate of drug-likeness (QED) is 0.687. The Labute approximate surface area is 89.6 Å². The van der Waals surface area contributed by atoms with Crippen molar-refractivity contribution in [2.24, 2.45) is 0 Å². The minimum atomic E-state index is 0.648. The average Bonchev–Trinajstić information content (AvgIpc) is 2.68. The summed E-state index contributed by atoms with van der Waals surface area (Å²) >= 11 is 0. The van der Waals surface area contributed by atoms with Gasteiger partial charge in [-0.25, -0.2) is 0 Å². The van der Waals surface area contributed by atoms with Crippen LogP contribution in [0, 0.1) is 12.3 Å². The van der Waals surface area contributed by atoms with Crippen LogP contribution in [0.15, 0.2) is 42.7 Å². The molecule has 15 heavy (non-hydrogen) atoms. The molecular weight excluding hydrogens is 184 g/mol. The Balaban J connectivity index is 2.09. The zero-order valence-corrected chi connectivity index (χ0v) is 8.43. The topological polar surface area (TPSA) is 17.8 Å². The number of terminal acetylenes is 1. The van der Waals surface area contributed by atoms with Crippen molar-refractivity contribution < 1.29 is 0 Å². The molecule has 0 unspecified atom stereocenters. The number of benzene rings is 1. The predicted molar refractivity (Wildman–Crippen MR) is 60.3 cm³/mol. The van der Waals surface area contributed by atoms with E-state index < -0.39 is 0 Å². The third-order valence-corrected chi connectivity index (χ3v) is 2.18. The molecule has 1 aromatic carbocycles. The molecule has 1 aromatic heterocycles. The van der Waals surface area contributed by atoms with Gasteiger partial charge < -0.3 is 0 Å². The first kappa shape index (κ1) is 9.54. The second-order valence-corrected chi connectivity index (χ2v) is 3.41. The normalized spacial score (nSPS) is 9.80. The van der Waals surface area contributed by atoms with Gasteiger partial charge in [-0.3, -0.25) is 4.68 Å². The highest BCUT2D eigenvalue weighted by atomic mass is 15.3. The summed E-state index contributed by atoms with van der Waals surface area (Å²) in [7, 11) is 0. The highest BCUT2D eigenvalue weighted by Crippen LogP contribution is 2.03. The van der Waals surface area contributed by atoms with Crippen LogP contribution in [0.3, 0.4) is 0 Å². The maximum atomic E-state index is 5.24. The van der Waals surface area contributed by atoms with E-state index >= 15 is 0 Å². The molecule has 0 bridgehead atoms. The van der Waals surface area contributed by atoms with Crippen molar-refractivity contribution >= 4 is 0 Å². The lowest BCUT2D eigenvalue weighted by Gasteiger charge is -2.00. The zero-order valence-electron chi connectivity index (χ0n) is 8.43. The van der Waals surface area contributed by atoms with Crippen LogP contribution >= 0.6 is 0 Å². The fraction of sp³-hybridized carbons (Fsp3) is 0.154. The Hall–Kier alpha value is -2.01. The molecule has 0 amide bonds. The first-order chi connectivity index (χ1) is 7.38. The SMILES string of the molecule is C#CCc1cnn(Cc2ccccc2)c1. The highest BCUT2D eigenvalue weighted by Gasteiger charge is 1.97. The summed E-state index contributed by atoms with van der Waals surface area (Å²) in [6.07, 6.45) is 9.70. The van der Waals surface area contributed by atoms with E-state index in [2.05, 4.69) is 23.2 Å². The monoisotopic (exact) mass is 196 g/mol. The van der Waals surface area contributed by atoms with Crippen LogP contribution in [0.5, 0.6) is 0 Å². The molecule has 0 saturated carbocycles. The molecule has 0 saturated heterocycles. The zero-order chi connectivity index (χ0) is 10.5. The molecule has 0 fully saturated rings. The Morgan fingerprint density at radius 3 is 2.73 bits per heavy atom. The first-order valence-electron chi connectivity index (χ1n) is 4.87. The Morgan fingerprint density at radius 1 is 1.20 bits per heavy atom. The largest absolute Gasteiger partial charge is 0.268 e. The standard InChI is InChI=1S/C13H12N2/c1-2-6-13-9-14-15(11-13)10-12-7-4-3-5-8-12/h1,3-5,7-9,11H,6,10H2. The van der Waals surface area contributed by atoms with Crippen LogP contribution in [0.2, 0.25) is 0 Å². The number of rotatable bonds is 3. The summed E-state index contributed by atoms with van der Waals surface area (Å²) in [6.45, 7) is 0.797. The summed E-state index contributed by atoms with van der Waals surface area (Å²) in [5.41, 5.74) is 2.33. The number of aromatic nitrogens is 2. The van der Waals surface area contributed by atoms with Crippen molar-refractivity contribution in [3.8, 4) is 12.3 Å². The summed E-state index contributed by atoms with van der Waals surface area (Å²) < 4.78 is 1.90. The molecule has 0 spiro atoms. The van der Waals surface area contributed by atoms with Crippen LogP contribution in [0.25, 0.3) is 0 Å². The van der Waals surface area contributed by atoms with E-state index in [9.17, 15) is 0 Å². The van der Waals surface area contributed by atoms with Gasteiger partial charge in [-0.1, -0.05) is 30.3 Å². The molecule has 74 valence electrons. The van der Waals surface area contributed by atoms with E-state index in [0.717, 1.165) is 12.1 Å². The molecule has 2 nitrogen and oxygen atoms in total. The molecular formula is C13H12N2. The number of nitrogens with zero attached hydrogens (tertiary/aromatic N) is 2. The van der Waals surface area contributed by atoms with E-state index in [4.69, 9.17) is 6.42 Å². The van der Waals surface area contributed by atoms with Crippen LogP contribution in [-0.2, 0) is 13.0 Å². The second-order valence-electron chi connectivity index (χ2n) is 3.41. The third-order valence-electron chi connectivity index (χ3n) is 2.18. The molecule has 2 heteroatoms. The fourth-order valence-corrected chi connectivity index (χ4v) is 1.47. The molecule has 2 aromatic rings. The molecule has 0 atom stereocenters. The van der Waals surface area contributed by atoms with Crippen LogP contribution in [0.4, 0.5) is 0 Å². The van der Waals surface area contributed by atoms with E-state index in [1.54, 1.807) is 0 Å². The maximum absolute atomic E-state index is 5.24. The van der Waals surface area contributed by atoms with Gasteiger partial charge in [0, 0.05) is 18.2 Å². The average molecular weight is 196 g/mol. The lowest BCUT2D eigenvalue weighted by Crippen LogP contribution is -1.99. The molecule has 0 aliphatic heterocycles. The summed E-state index contributed by atoms with van der Waals surface area (Å²) in [6, 6.07) is 10.2. The lowest BCUT2D eigenvalue weighted by atomic mass is 10.2. The molecule has 0 radical (unpaired) electrons. The van der Waals surface area contributed by atoms with Gasteiger partial charge in [-0.05, 0) is 5.56 Å². The van der Waals surface area contributed by atoms with Crippen molar-refractivity contribution in [3.05, 3.63) is 53.9 Å². The first-order valence-corrected chi connectivity index (χ1v) is 4.87. The van der Waals surface area contributed by atoms with E-state index in [0.29, 0.717) is 6.42 Å². The Kier molecular flexibility index (Phi) is 2.85. The van der Waals surface area contributed by atoms with Crippen molar-refractivity contribution in [2.75, 3.05) is 0 Å². The van der Waals surface area contributed by atoms with Gasteiger partial charge in [-0.2, -0.15) is 5.10 Å². The number of hydrogen-bond acceptors (Lipinski definition) is 1. The van der Waals surface area contributed by atoms with Crippen molar-refractivity contribution in [2.45, 2.75) is 13.0 Å². The molecule has 0 aliphatic rings. The predicted octanol–water partition coefficient (Wildman–Crippen LogP) is 2.11. The van der Waals surface area contributed by atoms with E-state index in [1.807, 2.05) is 35.3 Å². The highest BCUT2D eigenvalue weighted by molar-refractivity contribution is 5.16. The fourth-order valence-electron chi connectivity index (χ4n) is 1.47. The van der Waals surface area contributed by atoms with Crippen LogP contribution in [0.1, 0.15) is 11.1 Å². The maximum Gasteiger partial charge on any atom is 0.0659 e. The van der Waals surface area contributed by atoms with Gasteiger partial charge >= 0.3 is 0 Å². The van der Waals surface area contributed by atoms with Gasteiger partial charge in [0.2, 0.25) is 0 Å². The van der Waals surface area contributed by atoms with Gasteiger partial charge in [0.15, 0.2) is 0 Å². The smallest absolute Gasteiger partial charge is 0.0659 e. The van der Waals surface area contributed by atoms with E-state index in [1.165, 1.54) is 5.56 Å². The molecule has 0 aliphatic carbocycles. The van der Waals surface area contributed by atoms with Gasteiger partial charge in [0.05, 0.1) is 12.7 Å². The van der Waals surface area contributed by atoms with Crippen LogP contribution < -0.4 is 0 Å². The molecule has 2 rings (SSSR count). The lowest BCUT2D eigenvalue weighted by molar-refractivity contribution is 0.686. The minimum Gasteiger partial charge on any atom is -0.268 e. The summed E-state index contributed by atoms with van der Waals surface area (Å²) in [5.74, 6) is 2.61. The second kappa shape index (κ2) is 4.47. The molecule has 0 N–H and O–H groups in total. The van der Waals surface area contributed by atoms with Crippen LogP contribution in [-0.4, -0.2) is 9.78 Å². The van der Waals surface area contributed by atoms with Crippen molar-refractivity contribution in [3.63, 3.8) is 0 Å². The van der Waals surface area contributed by atoms with Crippen molar-refractivity contribution in [1.82, 2.24) is 9.78 Å². The Bertz CT molecular complexity index is 463. The minimum absolute atomic E-state index is 0.648. The van der Waals surface area contributed by atoms with Gasteiger partial charge in [0.25, 0.3) is 0 Å². The van der Waals surface area contributed by atoms with Crippen molar-refractivity contribution in [1.29, 1.82) is 0 Å². The van der Waals surface area contributed by atoms with E-state index in [-0.39, 0.29) is 0 Å².